The predicted molar refractivity (Wildman–Crippen MR) is 104 cm³/mol. The lowest BCUT2D eigenvalue weighted by atomic mass is 10.1. The molecule has 4 rings (SSSR count). The van der Waals surface area contributed by atoms with Crippen molar-refractivity contribution in [1.82, 2.24) is 9.88 Å². The number of nitrogens with one attached hydrogen (secondary N) is 1. The van der Waals surface area contributed by atoms with Gasteiger partial charge in [-0.25, -0.2) is 4.98 Å². The van der Waals surface area contributed by atoms with E-state index in [2.05, 4.69) is 16.4 Å². The number of thiazole rings is 1. The second kappa shape index (κ2) is 6.88. The Hall–Kier alpha value is -2.73. The van der Waals surface area contributed by atoms with E-state index in [1.54, 1.807) is 16.2 Å². The molecular weight excluding hydrogens is 346 g/mol. The van der Waals surface area contributed by atoms with E-state index in [1.807, 2.05) is 49.4 Å². The first kappa shape index (κ1) is 16.7. The van der Waals surface area contributed by atoms with Gasteiger partial charge in [-0.2, -0.15) is 0 Å². The Labute approximate surface area is 155 Å². The van der Waals surface area contributed by atoms with Gasteiger partial charge in [0.05, 0.1) is 16.1 Å². The summed E-state index contributed by atoms with van der Waals surface area (Å²) >= 11 is 1.65. The molecule has 2 heterocycles. The van der Waals surface area contributed by atoms with Crippen molar-refractivity contribution in [3.63, 3.8) is 0 Å². The van der Waals surface area contributed by atoms with Crippen molar-refractivity contribution in [3.8, 4) is 10.6 Å². The van der Waals surface area contributed by atoms with Crippen LogP contribution >= 0.6 is 11.3 Å². The molecule has 1 aromatic heterocycles. The molecule has 1 saturated heterocycles. The number of benzene rings is 2. The number of hydrogen-bond donors (Lipinski definition) is 1. The van der Waals surface area contributed by atoms with Gasteiger partial charge in [-0.3, -0.25) is 9.59 Å². The molecule has 1 fully saturated rings. The van der Waals surface area contributed by atoms with Crippen molar-refractivity contribution in [3.05, 3.63) is 48.5 Å². The highest BCUT2D eigenvalue weighted by Crippen LogP contribution is 2.30. The number of amides is 2. The summed E-state index contributed by atoms with van der Waals surface area (Å²) in [5.74, 6) is -0.313. The first-order valence-corrected chi connectivity index (χ1v) is 9.50. The first-order valence-electron chi connectivity index (χ1n) is 8.68. The van der Waals surface area contributed by atoms with Crippen molar-refractivity contribution in [2.24, 2.45) is 5.92 Å². The van der Waals surface area contributed by atoms with Crippen LogP contribution in [0.3, 0.4) is 0 Å². The minimum Gasteiger partial charge on any atom is -0.342 e. The average molecular weight is 365 g/mol. The fourth-order valence-corrected chi connectivity index (χ4v) is 4.16. The van der Waals surface area contributed by atoms with Crippen molar-refractivity contribution in [1.29, 1.82) is 0 Å². The second-order valence-corrected chi connectivity index (χ2v) is 7.42. The molecule has 1 aliphatic heterocycles. The summed E-state index contributed by atoms with van der Waals surface area (Å²) in [5, 5.41) is 3.88. The van der Waals surface area contributed by atoms with E-state index in [-0.39, 0.29) is 17.7 Å². The molecule has 0 bridgehead atoms. The number of rotatable bonds is 4. The quantitative estimate of drug-likeness (QED) is 0.765. The van der Waals surface area contributed by atoms with Crippen LogP contribution in [0.4, 0.5) is 5.69 Å². The Morgan fingerprint density at radius 2 is 2.00 bits per heavy atom. The summed E-state index contributed by atoms with van der Waals surface area (Å²) < 4.78 is 1.16. The molecule has 26 heavy (non-hydrogen) atoms. The fourth-order valence-electron chi connectivity index (χ4n) is 3.19. The van der Waals surface area contributed by atoms with E-state index in [0.717, 1.165) is 26.5 Å². The molecule has 6 heteroatoms. The summed E-state index contributed by atoms with van der Waals surface area (Å²) in [4.78, 5) is 30.6. The van der Waals surface area contributed by atoms with Crippen LogP contribution in [-0.2, 0) is 9.59 Å². The van der Waals surface area contributed by atoms with Crippen LogP contribution in [0.25, 0.3) is 20.8 Å². The third kappa shape index (κ3) is 3.20. The van der Waals surface area contributed by atoms with E-state index in [9.17, 15) is 9.59 Å². The smallest absolute Gasteiger partial charge is 0.229 e. The van der Waals surface area contributed by atoms with Crippen LogP contribution in [0, 0.1) is 5.92 Å². The lowest BCUT2D eigenvalue weighted by Crippen LogP contribution is -2.28. The lowest BCUT2D eigenvalue weighted by Gasteiger charge is -2.13. The molecule has 0 spiro atoms. The molecule has 1 aliphatic rings. The van der Waals surface area contributed by atoms with Crippen molar-refractivity contribution < 1.29 is 9.59 Å². The molecule has 132 valence electrons. The van der Waals surface area contributed by atoms with Crippen LogP contribution in [0.1, 0.15) is 13.3 Å². The third-order valence-corrected chi connectivity index (χ3v) is 5.75. The zero-order valence-corrected chi connectivity index (χ0v) is 15.3. The van der Waals surface area contributed by atoms with Gasteiger partial charge in [0.15, 0.2) is 0 Å². The van der Waals surface area contributed by atoms with Gasteiger partial charge in [-0.1, -0.05) is 12.1 Å². The Kier molecular flexibility index (Phi) is 4.42. The van der Waals surface area contributed by atoms with Crippen molar-refractivity contribution >= 4 is 39.1 Å². The molecule has 5 nitrogen and oxygen atoms in total. The highest BCUT2D eigenvalue weighted by atomic mass is 32.1. The molecule has 1 unspecified atom stereocenters. The fraction of sp³-hybridized carbons (Fsp3) is 0.250. The number of carbonyl (C=O) groups excluding carboxylic acids is 2. The van der Waals surface area contributed by atoms with Gasteiger partial charge in [0, 0.05) is 30.8 Å². The van der Waals surface area contributed by atoms with Crippen LogP contribution in [0.2, 0.25) is 0 Å². The van der Waals surface area contributed by atoms with Gasteiger partial charge >= 0.3 is 0 Å². The van der Waals surface area contributed by atoms with Gasteiger partial charge in [-0.15, -0.1) is 11.3 Å². The van der Waals surface area contributed by atoms with E-state index >= 15 is 0 Å². The van der Waals surface area contributed by atoms with Crippen LogP contribution in [0.15, 0.2) is 48.5 Å². The molecule has 0 saturated carbocycles. The van der Waals surface area contributed by atoms with Crippen molar-refractivity contribution in [2.75, 3.05) is 18.4 Å². The number of likely N-dealkylation sites (tertiary alicyclic amines) is 1. The predicted octanol–water partition coefficient (Wildman–Crippen LogP) is 3.77. The number of para-hydroxylation sites is 1. The van der Waals surface area contributed by atoms with E-state index in [0.29, 0.717) is 19.5 Å². The highest BCUT2D eigenvalue weighted by molar-refractivity contribution is 7.21. The Morgan fingerprint density at radius 1 is 1.23 bits per heavy atom. The molecule has 1 atom stereocenters. The Morgan fingerprint density at radius 3 is 2.69 bits per heavy atom. The molecular formula is C20H19N3O2S. The topological polar surface area (TPSA) is 62.3 Å². The van der Waals surface area contributed by atoms with Crippen molar-refractivity contribution in [2.45, 2.75) is 13.3 Å². The maximum atomic E-state index is 12.4. The zero-order chi connectivity index (χ0) is 18.1. The van der Waals surface area contributed by atoms with E-state index in [1.165, 1.54) is 0 Å². The molecule has 0 aliphatic carbocycles. The number of fused-ring (bicyclic) bond motifs is 1. The molecule has 3 aromatic rings. The summed E-state index contributed by atoms with van der Waals surface area (Å²) in [7, 11) is 0. The lowest BCUT2D eigenvalue weighted by molar-refractivity contribution is -0.128. The van der Waals surface area contributed by atoms with Gasteiger partial charge < -0.3 is 10.2 Å². The zero-order valence-electron chi connectivity index (χ0n) is 14.4. The summed E-state index contributed by atoms with van der Waals surface area (Å²) in [6.45, 7) is 3.09. The maximum Gasteiger partial charge on any atom is 0.229 e. The monoisotopic (exact) mass is 365 g/mol. The Bertz CT molecular complexity index is 932. The minimum atomic E-state index is -0.272. The number of anilines is 1. The molecule has 0 radical (unpaired) electrons. The number of hydrogen-bond acceptors (Lipinski definition) is 4. The SMILES string of the molecule is CCN1CC(C(=O)Nc2ccc(-c3nc4ccccc4s3)cc2)CC1=O. The standard InChI is InChI=1S/C20H19N3O2S/c1-2-23-12-14(11-18(23)24)19(25)21-15-9-7-13(8-10-15)20-22-16-5-3-4-6-17(16)26-20/h3-10,14H,2,11-12H2,1H3,(H,21,25). The second-order valence-electron chi connectivity index (χ2n) is 6.39. The highest BCUT2D eigenvalue weighted by Gasteiger charge is 2.33. The van der Waals surface area contributed by atoms with Gasteiger partial charge in [0.1, 0.15) is 5.01 Å². The third-order valence-electron chi connectivity index (χ3n) is 4.66. The largest absolute Gasteiger partial charge is 0.342 e. The minimum absolute atomic E-state index is 0.0545. The normalized spacial score (nSPS) is 17.0. The van der Waals surface area contributed by atoms with Crippen LogP contribution in [-0.4, -0.2) is 34.8 Å². The molecule has 1 N–H and O–H groups in total. The number of carbonyl (C=O) groups is 2. The van der Waals surface area contributed by atoms with Gasteiger partial charge in [-0.05, 0) is 43.3 Å². The first-order chi connectivity index (χ1) is 12.6. The van der Waals surface area contributed by atoms with E-state index < -0.39 is 0 Å². The van der Waals surface area contributed by atoms with E-state index in [4.69, 9.17) is 0 Å². The molecule has 2 aromatic carbocycles. The Balaban J connectivity index is 1.46. The number of nitrogens with zero attached hydrogens (tertiary/aromatic N) is 2. The van der Waals surface area contributed by atoms with Gasteiger partial charge in [0.25, 0.3) is 0 Å². The summed E-state index contributed by atoms with van der Waals surface area (Å²) in [6, 6.07) is 15.8. The maximum absolute atomic E-state index is 12.4. The number of aromatic nitrogens is 1. The summed E-state index contributed by atoms with van der Waals surface area (Å²) in [5.41, 5.74) is 2.76. The summed E-state index contributed by atoms with van der Waals surface area (Å²) in [6.07, 6.45) is 0.295. The van der Waals surface area contributed by atoms with Gasteiger partial charge in [0.2, 0.25) is 11.8 Å². The average Bonchev–Trinajstić information content (AvgIpc) is 3.25. The molecule has 2 amide bonds. The van der Waals surface area contributed by atoms with Crippen LogP contribution < -0.4 is 5.32 Å². The van der Waals surface area contributed by atoms with Crippen LogP contribution in [0.5, 0.6) is 0 Å².